The van der Waals surface area contributed by atoms with Crippen molar-refractivity contribution in [3.63, 3.8) is 0 Å². The van der Waals surface area contributed by atoms with Crippen LogP contribution in [0.5, 0.6) is 5.88 Å². The van der Waals surface area contributed by atoms with Gasteiger partial charge in [-0.2, -0.15) is 5.10 Å². The number of aromatic nitrogens is 2. The summed E-state index contributed by atoms with van der Waals surface area (Å²) in [4.78, 5) is 0. The number of hydrogen-bond acceptors (Lipinski definition) is 2. The zero-order valence-corrected chi connectivity index (χ0v) is 14.7. The van der Waals surface area contributed by atoms with Crippen LogP contribution in [-0.4, -0.2) is 9.78 Å². The number of fused-ring (bicyclic) bond motifs is 2. The van der Waals surface area contributed by atoms with Gasteiger partial charge in [0.2, 0.25) is 5.88 Å². The zero-order chi connectivity index (χ0) is 16.4. The van der Waals surface area contributed by atoms with Crippen LogP contribution in [0, 0.1) is 17.8 Å². The Morgan fingerprint density at radius 2 is 2.04 bits per heavy atom. The molecule has 3 heteroatoms. The number of ether oxygens (including phenoxy) is 1. The van der Waals surface area contributed by atoms with Crippen LogP contribution in [0.25, 0.3) is 0 Å². The molecule has 3 atom stereocenters. The summed E-state index contributed by atoms with van der Waals surface area (Å²) in [6.07, 6.45) is 7.89. The third kappa shape index (κ3) is 3.35. The van der Waals surface area contributed by atoms with Gasteiger partial charge < -0.3 is 4.74 Å². The molecule has 4 rings (SSSR count). The standard InChI is InChI=1S/C21H28N2O/c1-2-6-20-13-21(24-15-16-7-4-3-5-8-16)23(22-20)14-19-12-17-9-10-18(19)11-17/h3-5,7-8,13,17-19H,2,6,9-12,14-15H2,1H3. The van der Waals surface area contributed by atoms with Gasteiger partial charge in [-0.3, -0.25) is 0 Å². The summed E-state index contributed by atoms with van der Waals surface area (Å²) in [6, 6.07) is 12.6. The van der Waals surface area contributed by atoms with Crippen LogP contribution < -0.4 is 4.74 Å². The summed E-state index contributed by atoms with van der Waals surface area (Å²) < 4.78 is 8.29. The van der Waals surface area contributed by atoms with E-state index in [0.717, 1.165) is 43.0 Å². The lowest BCUT2D eigenvalue weighted by Crippen LogP contribution is -2.19. The van der Waals surface area contributed by atoms with E-state index in [2.05, 4.69) is 41.9 Å². The Labute approximate surface area is 145 Å². The SMILES string of the molecule is CCCc1cc(OCc2ccccc2)n(CC2CC3CCC2C3)n1. The lowest BCUT2D eigenvalue weighted by molar-refractivity contribution is 0.236. The molecule has 3 unspecified atom stereocenters. The predicted molar refractivity (Wildman–Crippen MR) is 95.9 cm³/mol. The van der Waals surface area contributed by atoms with Gasteiger partial charge in [-0.15, -0.1) is 0 Å². The number of rotatable bonds is 7. The summed E-state index contributed by atoms with van der Waals surface area (Å²) in [5.74, 6) is 3.66. The van der Waals surface area contributed by atoms with Crippen molar-refractivity contribution >= 4 is 0 Å². The van der Waals surface area contributed by atoms with Crippen LogP contribution in [0.15, 0.2) is 36.4 Å². The Morgan fingerprint density at radius 3 is 2.75 bits per heavy atom. The molecule has 1 aromatic heterocycles. The summed E-state index contributed by atoms with van der Waals surface area (Å²) in [7, 11) is 0. The first-order valence-corrected chi connectivity index (χ1v) is 9.55. The van der Waals surface area contributed by atoms with E-state index in [9.17, 15) is 0 Å². The second-order valence-corrected chi connectivity index (χ2v) is 7.62. The van der Waals surface area contributed by atoms with E-state index in [1.54, 1.807) is 0 Å². The van der Waals surface area contributed by atoms with E-state index >= 15 is 0 Å². The highest BCUT2D eigenvalue weighted by molar-refractivity contribution is 5.19. The monoisotopic (exact) mass is 324 g/mol. The van der Waals surface area contributed by atoms with E-state index in [1.165, 1.54) is 36.9 Å². The zero-order valence-electron chi connectivity index (χ0n) is 14.7. The van der Waals surface area contributed by atoms with Crippen molar-refractivity contribution in [2.75, 3.05) is 0 Å². The highest BCUT2D eigenvalue weighted by Crippen LogP contribution is 2.49. The first-order valence-electron chi connectivity index (χ1n) is 9.55. The smallest absolute Gasteiger partial charge is 0.212 e. The third-order valence-corrected chi connectivity index (χ3v) is 5.82. The molecule has 2 fully saturated rings. The number of nitrogens with zero attached hydrogens (tertiary/aromatic N) is 2. The summed E-state index contributed by atoms with van der Waals surface area (Å²) in [6.45, 7) is 3.86. The van der Waals surface area contributed by atoms with E-state index in [0.29, 0.717) is 6.61 Å². The molecule has 0 spiro atoms. The largest absolute Gasteiger partial charge is 0.473 e. The molecule has 2 saturated carbocycles. The van der Waals surface area contributed by atoms with Gasteiger partial charge in [-0.05, 0) is 49.0 Å². The molecular weight excluding hydrogens is 296 g/mol. The minimum absolute atomic E-state index is 0.620. The molecule has 1 aromatic carbocycles. The Morgan fingerprint density at radius 1 is 1.17 bits per heavy atom. The van der Waals surface area contributed by atoms with Crippen molar-refractivity contribution in [3.8, 4) is 5.88 Å². The maximum absolute atomic E-state index is 6.14. The molecule has 3 nitrogen and oxygen atoms in total. The van der Waals surface area contributed by atoms with E-state index < -0.39 is 0 Å². The molecule has 0 N–H and O–H groups in total. The highest BCUT2D eigenvalue weighted by atomic mass is 16.5. The Balaban J connectivity index is 1.47. The fraction of sp³-hybridized carbons (Fsp3) is 0.571. The Hall–Kier alpha value is -1.77. The summed E-state index contributed by atoms with van der Waals surface area (Å²) in [5.41, 5.74) is 2.38. The van der Waals surface area contributed by atoms with E-state index in [1.807, 2.05) is 6.07 Å². The fourth-order valence-corrected chi connectivity index (χ4v) is 4.63. The van der Waals surface area contributed by atoms with Gasteiger partial charge in [-0.25, -0.2) is 4.68 Å². The van der Waals surface area contributed by atoms with Gasteiger partial charge in [0.1, 0.15) is 6.61 Å². The van der Waals surface area contributed by atoms with Gasteiger partial charge in [-0.1, -0.05) is 50.1 Å². The first-order chi connectivity index (χ1) is 11.8. The molecule has 0 amide bonds. The molecule has 2 aliphatic carbocycles. The number of benzene rings is 1. The van der Waals surface area contributed by atoms with Crippen molar-refractivity contribution in [2.45, 2.75) is 58.6 Å². The molecule has 2 aliphatic rings. The van der Waals surface area contributed by atoms with E-state index in [-0.39, 0.29) is 0 Å². The molecule has 0 saturated heterocycles. The molecule has 2 bridgehead atoms. The maximum Gasteiger partial charge on any atom is 0.212 e. The van der Waals surface area contributed by atoms with Gasteiger partial charge >= 0.3 is 0 Å². The van der Waals surface area contributed by atoms with Gasteiger partial charge in [0.15, 0.2) is 0 Å². The van der Waals surface area contributed by atoms with Crippen molar-refractivity contribution in [1.29, 1.82) is 0 Å². The van der Waals surface area contributed by atoms with Crippen LogP contribution in [-0.2, 0) is 19.6 Å². The van der Waals surface area contributed by atoms with Crippen molar-refractivity contribution in [3.05, 3.63) is 47.7 Å². The topological polar surface area (TPSA) is 27.1 Å². The fourth-order valence-electron chi connectivity index (χ4n) is 4.63. The van der Waals surface area contributed by atoms with Crippen LogP contribution in [0.3, 0.4) is 0 Å². The normalized spacial score (nSPS) is 25.3. The highest BCUT2D eigenvalue weighted by Gasteiger charge is 2.39. The second kappa shape index (κ2) is 7.00. The van der Waals surface area contributed by atoms with Crippen LogP contribution >= 0.6 is 0 Å². The van der Waals surface area contributed by atoms with Crippen LogP contribution in [0.4, 0.5) is 0 Å². The van der Waals surface area contributed by atoms with Gasteiger partial charge in [0.05, 0.1) is 5.69 Å². The Kier molecular flexibility index (Phi) is 4.59. The molecule has 0 radical (unpaired) electrons. The molecule has 1 heterocycles. The second-order valence-electron chi connectivity index (χ2n) is 7.62. The molecule has 0 aliphatic heterocycles. The number of hydrogen-bond donors (Lipinski definition) is 0. The average Bonchev–Trinajstić information content (AvgIpc) is 3.31. The molecule has 24 heavy (non-hydrogen) atoms. The quantitative estimate of drug-likeness (QED) is 0.728. The maximum atomic E-state index is 6.14. The lowest BCUT2D eigenvalue weighted by atomic mass is 9.89. The number of aryl methyl sites for hydroxylation is 1. The lowest BCUT2D eigenvalue weighted by Gasteiger charge is -2.22. The van der Waals surface area contributed by atoms with Gasteiger partial charge in [0, 0.05) is 12.6 Å². The summed E-state index contributed by atoms with van der Waals surface area (Å²) in [5, 5.41) is 4.85. The van der Waals surface area contributed by atoms with Crippen molar-refractivity contribution < 1.29 is 4.74 Å². The minimum Gasteiger partial charge on any atom is -0.473 e. The van der Waals surface area contributed by atoms with E-state index in [4.69, 9.17) is 9.84 Å². The molecular formula is C21H28N2O. The summed E-state index contributed by atoms with van der Waals surface area (Å²) >= 11 is 0. The first kappa shape index (κ1) is 15.7. The third-order valence-electron chi connectivity index (χ3n) is 5.82. The van der Waals surface area contributed by atoms with Crippen LogP contribution in [0.2, 0.25) is 0 Å². The van der Waals surface area contributed by atoms with Crippen molar-refractivity contribution in [2.24, 2.45) is 17.8 Å². The predicted octanol–water partition coefficient (Wildman–Crippen LogP) is 4.85. The Bertz CT molecular complexity index is 664. The average molecular weight is 324 g/mol. The van der Waals surface area contributed by atoms with Gasteiger partial charge in [0.25, 0.3) is 0 Å². The minimum atomic E-state index is 0.620. The van der Waals surface area contributed by atoms with Crippen molar-refractivity contribution in [1.82, 2.24) is 9.78 Å². The van der Waals surface area contributed by atoms with Crippen LogP contribution in [0.1, 0.15) is 50.3 Å². The molecule has 128 valence electrons. The molecule has 2 aromatic rings.